The van der Waals surface area contributed by atoms with Gasteiger partial charge in [-0.3, -0.25) is 9.69 Å². The maximum atomic E-state index is 12.4. The fourth-order valence-electron chi connectivity index (χ4n) is 3.93. The molecule has 2 N–H and O–H groups in total. The number of benzene rings is 1. The third-order valence-electron chi connectivity index (χ3n) is 5.10. The summed E-state index contributed by atoms with van der Waals surface area (Å²) in [6.45, 7) is 5.55. The molecule has 0 unspecified atom stereocenters. The van der Waals surface area contributed by atoms with E-state index in [-0.39, 0.29) is 23.9 Å². The van der Waals surface area contributed by atoms with E-state index in [1.165, 1.54) is 37.7 Å². The van der Waals surface area contributed by atoms with Crippen LogP contribution in [0.25, 0.3) is 0 Å². The fourth-order valence-corrected chi connectivity index (χ4v) is 3.93. The van der Waals surface area contributed by atoms with Gasteiger partial charge in [0, 0.05) is 30.9 Å². The SMILES string of the molecule is Cc1cccc(NC(=O)CN2CCNCC23CCCCC3)c1.Cl. The Balaban J connectivity index is 0.00000192. The maximum Gasteiger partial charge on any atom is 0.238 e. The molecule has 1 saturated carbocycles. The van der Waals surface area contributed by atoms with E-state index in [2.05, 4.69) is 15.5 Å². The van der Waals surface area contributed by atoms with Crippen molar-refractivity contribution in [2.45, 2.75) is 44.6 Å². The van der Waals surface area contributed by atoms with Crippen LogP contribution in [-0.4, -0.2) is 42.5 Å². The number of nitrogens with one attached hydrogen (secondary N) is 2. The van der Waals surface area contributed by atoms with Gasteiger partial charge in [0.25, 0.3) is 0 Å². The lowest BCUT2D eigenvalue weighted by Crippen LogP contribution is -2.63. The zero-order valence-electron chi connectivity index (χ0n) is 13.9. The molecular formula is C18H28ClN3O. The normalized spacial score (nSPS) is 20.7. The molecule has 2 aliphatic rings. The highest BCUT2D eigenvalue weighted by atomic mass is 35.5. The number of anilines is 1. The molecule has 1 saturated heterocycles. The van der Waals surface area contributed by atoms with E-state index < -0.39 is 0 Å². The predicted octanol–water partition coefficient (Wildman–Crippen LogP) is 2.96. The Morgan fingerprint density at radius 1 is 1.30 bits per heavy atom. The van der Waals surface area contributed by atoms with Crippen LogP contribution in [0.1, 0.15) is 37.7 Å². The van der Waals surface area contributed by atoms with Crippen molar-refractivity contribution < 1.29 is 4.79 Å². The summed E-state index contributed by atoms with van der Waals surface area (Å²) in [7, 11) is 0. The summed E-state index contributed by atoms with van der Waals surface area (Å²) in [5.74, 6) is 0.109. The number of aryl methyl sites for hydroxylation is 1. The van der Waals surface area contributed by atoms with E-state index in [4.69, 9.17) is 0 Å². The highest BCUT2D eigenvalue weighted by Crippen LogP contribution is 2.34. The van der Waals surface area contributed by atoms with Crippen LogP contribution in [0.3, 0.4) is 0 Å². The first-order valence-corrected chi connectivity index (χ1v) is 8.50. The average molecular weight is 338 g/mol. The molecule has 1 aliphatic heterocycles. The van der Waals surface area contributed by atoms with Crippen LogP contribution in [-0.2, 0) is 4.79 Å². The second-order valence-corrected chi connectivity index (χ2v) is 6.80. The molecule has 1 aromatic rings. The van der Waals surface area contributed by atoms with Gasteiger partial charge in [0.15, 0.2) is 0 Å². The van der Waals surface area contributed by atoms with Gasteiger partial charge in [-0.25, -0.2) is 0 Å². The van der Waals surface area contributed by atoms with E-state index in [0.29, 0.717) is 6.54 Å². The van der Waals surface area contributed by atoms with Gasteiger partial charge in [-0.1, -0.05) is 31.4 Å². The van der Waals surface area contributed by atoms with Gasteiger partial charge in [-0.15, -0.1) is 12.4 Å². The number of hydrogen-bond donors (Lipinski definition) is 2. The van der Waals surface area contributed by atoms with E-state index in [0.717, 1.165) is 25.3 Å². The lowest BCUT2D eigenvalue weighted by atomic mass is 9.79. The summed E-state index contributed by atoms with van der Waals surface area (Å²) in [6, 6.07) is 8.01. The Bertz CT molecular complexity index is 520. The minimum atomic E-state index is 0. The molecule has 0 radical (unpaired) electrons. The van der Waals surface area contributed by atoms with Crippen LogP contribution in [0.5, 0.6) is 0 Å². The molecule has 4 nitrogen and oxygen atoms in total. The van der Waals surface area contributed by atoms with E-state index in [1.807, 2.05) is 31.2 Å². The molecule has 3 rings (SSSR count). The van der Waals surface area contributed by atoms with Crippen LogP contribution in [0, 0.1) is 6.92 Å². The van der Waals surface area contributed by atoms with Crippen molar-refractivity contribution in [2.24, 2.45) is 0 Å². The Hall–Kier alpha value is -1.10. The smallest absolute Gasteiger partial charge is 0.238 e. The molecule has 1 aromatic carbocycles. The van der Waals surface area contributed by atoms with Crippen molar-refractivity contribution >= 4 is 24.0 Å². The number of carbonyl (C=O) groups excluding carboxylic acids is 1. The molecule has 2 fully saturated rings. The number of rotatable bonds is 3. The summed E-state index contributed by atoms with van der Waals surface area (Å²) in [5, 5.41) is 6.58. The zero-order chi connectivity index (χ0) is 15.4. The lowest BCUT2D eigenvalue weighted by Gasteiger charge is -2.49. The first kappa shape index (κ1) is 18.2. The Morgan fingerprint density at radius 2 is 2.09 bits per heavy atom. The molecule has 0 bridgehead atoms. The predicted molar refractivity (Wildman–Crippen MR) is 97.3 cm³/mol. The third-order valence-corrected chi connectivity index (χ3v) is 5.10. The molecule has 5 heteroatoms. The zero-order valence-corrected chi connectivity index (χ0v) is 14.8. The maximum absolute atomic E-state index is 12.4. The summed E-state index contributed by atoms with van der Waals surface area (Å²) >= 11 is 0. The molecule has 128 valence electrons. The van der Waals surface area contributed by atoms with Crippen molar-refractivity contribution in [1.82, 2.24) is 10.2 Å². The molecule has 1 aliphatic carbocycles. The highest BCUT2D eigenvalue weighted by Gasteiger charge is 2.40. The van der Waals surface area contributed by atoms with Gasteiger partial charge in [0.05, 0.1) is 6.54 Å². The van der Waals surface area contributed by atoms with Crippen molar-refractivity contribution in [3.05, 3.63) is 29.8 Å². The third kappa shape index (κ3) is 4.46. The van der Waals surface area contributed by atoms with Gasteiger partial charge >= 0.3 is 0 Å². The quantitative estimate of drug-likeness (QED) is 0.891. The van der Waals surface area contributed by atoms with Crippen molar-refractivity contribution in [3.8, 4) is 0 Å². The van der Waals surface area contributed by atoms with Crippen LogP contribution in [0.4, 0.5) is 5.69 Å². The van der Waals surface area contributed by atoms with Crippen LogP contribution in [0.2, 0.25) is 0 Å². The fraction of sp³-hybridized carbons (Fsp3) is 0.611. The molecular weight excluding hydrogens is 310 g/mol. The second kappa shape index (κ2) is 8.13. The molecule has 1 heterocycles. The summed E-state index contributed by atoms with van der Waals surface area (Å²) in [5.41, 5.74) is 2.28. The Labute approximate surface area is 145 Å². The minimum Gasteiger partial charge on any atom is -0.325 e. The van der Waals surface area contributed by atoms with E-state index in [9.17, 15) is 4.79 Å². The largest absolute Gasteiger partial charge is 0.325 e. The van der Waals surface area contributed by atoms with Crippen LogP contribution in [0.15, 0.2) is 24.3 Å². The van der Waals surface area contributed by atoms with Crippen molar-refractivity contribution in [3.63, 3.8) is 0 Å². The number of halogens is 1. The Morgan fingerprint density at radius 3 is 2.83 bits per heavy atom. The second-order valence-electron chi connectivity index (χ2n) is 6.80. The standard InChI is InChI=1S/C18H27N3O.ClH/c1-15-6-5-7-16(12-15)20-17(22)13-21-11-10-19-14-18(21)8-3-2-4-9-18;/h5-7,12,19H,2-4,8-11,13-14H2,1H3,(H,20,22);1H. The summed E-state index contributed by atoms with van der Waals surface area (Å²) < 4.78 is 0. The van der Waals surface area contributed by atoms with Gasteiger partial charge < -0.3 is 10.6 Å². The number of carbonyl (C=O) groups is 1. The molecule has 0 aromatic heterocycles. The van der Waals surface area contributed by atoms with E-state index in [1.54, 1.807) is 0 Å². The molecule has 0 atom stereocenters. The number of piperazine rings is 1. The first-order valence-electron chi connectivity index (χ1n) is 8.50. The monoisotopic (exact) mass is 337 g/mol. The van der Waals surface area contributed by atoms with Crippen LogP contribution >= 0.6 is 12.4 Å². The molecule has 1 amide bonds. The number of nitrogens with zero attached hydrogens (tertiary/aromatic N) is 1. The number of hydrogen-bond acceptors (Lipinski definition) is 3. The van der Waals surface area contributed by atoms with Crippen molar-refractivity contribution in [2.75, 3.05) is 31.5 Å². The average Bonchev–Trinajstić information content (AvgIpc) is 2.51. The van der Waals surface area contributed by atoms with E-state index >= 15 is 0 Å². The molecule has 1 spiro atoms. The number of amides is 1. The van der Waals surface area contributed by atoms with Gasteiger partial charge in [-0.05, 0) is 37.5 Å². The van der Waals surface area contributed by atoms with Gasteiger partial charge in [0.2, 0.25) is 5.91 Å². The lowest BCUT2D eigenvalue weighted by molar-refractivity contribution is -0.120. The first-order chi connectivity index (χ1) is 10.7. The summed E-state index contributed by atoms with van der Waals surface area (Å²) in [4.78, 5) is 14.9. The van der Waals surface area contributed by atoms with Crippen molar-refractivity contribution in [1.29, 1.82) is 0 Å². The highest BCUT2D eigenvalue weighted by molar-refractivity contribution is 5.92. The van der Waals surface area contributed by atoms with Gasteiger partial charge in [0.1, 0.15) is 0 Å². The van der Waals surface area contributed by atoms with Crippen LogP contribution < -0.4 is 10.6 Å². The molecule has 23 heavy (non-hydrogen) atoms. The minimum absolute atomic E-state index is 0. The summed E-state index contributed by atoms with van der Waals surface area (Å²) in [6.07, 6.45) is 6.36. The Kier molecular flexibility index (Phi) is 6.45. The topological polar surface area (TPSA) is 44.4 Å². The van der Waals surface area contributed by atoms with Gasteiger partial charge in [-0.2, -0.15) is 0 Å².